The Kier molecular flexibility index (Phi) is 5.22. The van der Waals surface area contributed by atoms with Crippen LogP contribution in [0.15, 0.2) is 22.9 Å². The van der Waals surface area contributed by atoms with Crippen molar-refractivity contribution in [3.05, 3.63) is 28.5 Å². The van der Waals surface area contributed by atoms with Gasteiger partial charge in [0.15, 0.2) is 0 Å². The van der Waals surface area contributed by atoms with Crippen LogP contribution in [-0.4, -0.2) is 40.7 Å². The van der Waals surface area contributed by atoms with Crippen LogP contribution in [-0.2, 0) is 11.3 Å². The number of nitrogens with zero attached hydrogens (tertiary/aromatic N) is 2. The summed E-state index contributed by atoms with van der Waals surface area (Å²) in [6.45, 7) is 7.85. The molecule has 0 saturated carbocycles. The third-order valence-electron chi connectivity index (χ3n) is 3.22. The summed E-state index contributed by atoms with van der Waals surface area (Å²) in [6, 6.07) is 4.27. The van der Waals surface area contributed by atoms with E-state index in [2.05, 4.69) is 26.2 Å². The van der Waals surface area contributed by atoms with Crippen LogP contribution in [0.2, 0.25) is 0 Å². The summed E-state index contributed by atoms with van der Waals surface area (Å²) in [5.41, 5.74) is 0.694. The van der Waals surface area contributed by atoms with Gasteiger partial charge in [-0.25, -0.2) is 9.78 Å². The fourth-order valence-corrected chi connectivity index (χ4v) is 2.43. The summed E-state index contributed by atoms with van der Waals surface area (Å²) in [4.78, 5) is 17.9. The van der Waals surface area contributed by atoms with Crippen LogP contribution in [0, 0.1) is 0 Å². The molecule has 1 aromatic heterocycles. The summed E-state index contributed by atoms with van der Waals surface area (Å²) in [5.74, 6) is 0. The molecule has 1 fully saturated rings. The number of carbonyl (C=O) groups excluding carboxylic acids is 1. The lowest BCUT2D eigenvalue weighted by Gasteiger charge is -2.24. The van der Waals surface area contributed by atoms with Crippen molar-refractivity contribution >= 4 is 22.0 Å². The molecule has 6 heteroatoms. The van der Waals surface area contributed by atoms with Crippen molar-refractivity contribution in [3.63, 3.8) is 0 Å². The molecule has 21 heavy (non-hydrogen) atoms. The maximum atomic E-state index is 12.0. The van der Waals surface area contributed by atoms with Crippen molar-refractivity contribution in [2.75, 3.05) is 13.1 Å². The van der Waals surface area contributed by atoms with Crippen molar-refractivity contribution in [1.82, 2.24) is 15.2 Å². The molecule has 0 radical (unpaired) electrons. The van der Waals surface area contributed by atoms with Gasteiger partial charge in [-0.3, -0.25) is 0 Å². The van der Waals surface area contributed by atoms with Crippen LogP contribution in [0.3, 0.4) is 0 Å². The lowest BCUT2D eigenvalue weighted by molar-refractivity contribution is 0.0291. The second kappa shape index (κ2) is 6.75. The third kappa shape index (κ3) is 5.28. The van der Waals surface area contributed by atoms with Crippen LogP contribution >= 0.6 is 15.9 Å². The van der Waals surface area contributed by atoms with Gasteiger partial charge in [0.1, 0.15) is 10.2 Å². The molecule has 116 valence electrons. The van der Waals surface area contributed by atoms with Gasteiger partial charge in [-0.2, -0.15) is 0 Å². The molecule has 5 nitrogen and oxygen atoms in total. The normalized spacial score (nSPS) is 18.9. The quantitative estimate of drug-likeness (QED) is 0.847. The van der Waals surface area contributed by atoms with Crippen LogP contribution in [0.5, 0.6) is 0 Å². The highest BCUT2D eigenvalue weighted by molar-refractivity contribution is 9.10. The van der Waals surface area contributed by atoms with E-state index in [0.717, 1.165) is 29.7 Å². The molecule has 1 aliphatic rings. The van der Waals surface area contributed by atoms with Gasteiger partial charge in [-0.15, -0.1) is 0 Å². The molecule has 2 rings (SSSR count). The molecule has 1 saturated heterocycles. The fraction of sp³-hybridized carbons (Fsp3) is 0.600. The topological polar surface area (TPSA) is 54.5 Å². The first-order valence-electron chi connectivity index (χ1n) is 7.15. The zero-order chi connectivity index (χ0) is 15.5. The zero-order valence-electron chi connectivity index (χ0n) is 12.7. The standard InChI is InChI=1S/C15H22BrN3O2/c1-15(2,3)21-14(20)19-7-6-12(10-19)17-8-11-4-5-13(16)18-9-11/h4-5,9,12,17H,6-8,10H2,1-3H3/t12-/m1/s1. The number of pyridine rings is 1. The third-order valence-corrected chi connectivity index (χ3v) is 3.69. The van der Waals surface area contributed by atoms with E-state index in [1.807, 2.05) is 39.1 Å². The van der Waals surface area contributed by atoms with E-state index >= 15 is 0 Å². The summed E-state index contributed by atoms with van der Waals surface area (Å²) in [6.07, 6.45) is 2.57. The number of likely N-dealkylation sites (tertiary alicyclic amines) is 1. The van der Waals surface area contributed by atoms with Gasteiger partial charge in [0.25, 0.3) is 0 Å². The molecule has 1 atom stereocenters. The number of hydrogen-bond acceptors (Lipinski definition) is 4. The lowest BCUT2D eigenvalue weighted by Crippen LogP contribution is -2.38. The zero-order valence-corrected chi connectivity index (χ0v) is 14.3. The monoisotopic (exact) mass is 355 g/mol. The lowest BCUT2D eigenvalue weighted by atomic mass is 10.2. The second-order valence-electron chi connectivity index (χ2n) is 6.28. The van der Waals surface area contributed by atoms with Gasteiger partial charge in [-0.1, -0.05) is 6.07 Å². The SMILES string of the molecule is CC(C)(C)OC(=O)N1CC[C@@H](NCc2ccc(Br)nc2)C1. The number of aromatic nitrogens is 1. The first-order valence-corrected chi connectivity index (χ1v) is 7.94. The number of nitrogens with one attached hydrogen (secondary N) is 1. The molecule has 1 aliphatic heterocycles. The number of ether oxygens (including phenoxy) is 1. The number of rotatable bonds is 3. The van der Waals surface area contributed by atoms with Crippen molar-refractivity contribution in [1.29, 1.82) is 0 Å². The Bertz CT molecular complexity index is 485. The first-order chi connectivity index (χ1) is 9.83. The van der Waals surface area contributed by atoms with Gasteiger partial charge in [0.2, 0.25) is 0 Å². The maximum Gasteiger partial charge on any atom is 0.410 e. The molecule has 0 bridgehead atoms. The minimum Gasteiger partial charge on any atom is -0.444 e. The number of amides is 1. The van der Waals surface area contributed by atoms with E-state index in [-0.39, 0.29) is 6.09 Å². The van der Waals surface area contributed by atoms with Crippen molar-refractivity contribution in [2.24, 2.45) is 0 Å². The van der Waals surface area contributed by atoms with Crippen LogP contribution in [0.25, 0.3) is 0 Å². The van der Waals surface area contributed by atoms with Gasteiger partial charge in [0.05, 0.1) is 0 Å². The highest BCUT2D eigenvalue weighted by atomic mass is 79.9. The van der Waals surface area contributed by atoms with Gasteiger partial charge < -0.3 is 15.0 Å². The van der Waals surface area contributed by atoms with Crippen LogP contribution in [0.1, 0.15) is 32.8 Å². The molecule has 1 amide bonds. The van der Waals surface area contributed by atoms with Crippen LogP contribution in [0.4, 0.5) is 4.79 Å². The first kappa shape index (κ1) is 16.2. The highest BCUT2D eigenvalue weighted by Gasteiger charge is 2.29. The number of hydrogen-bond donors (Lipinski definition) is 1. The largest absolute Gasteiger partial charge is 0.444 e. The Morgan fingerprint density at radius 1 is 1.52 bits per heavy atom. The van der Waals surface area contributed by atoms with Crippen molar-refractivity contribution in [3.8, 4) is 0 Å². The molecule has 2 heterocycles. The smallest absolute Gasteiger partial charge is 0.410 e. The number of carbonyl (C=O) groups is 1. The summed E-state index contributed by atoms with van der Waals surface area (Å²) < 4.78 is 6.23. The fourth-order valence-electron chi connectivity index (χ4n) is 2.19. The van der Waals surface area contributed by atoms with Crippen molar-refractivity contribution < 1.29 is 9.53 Å². The average molecular weight is 356 g/mol. The molecule has 0 spiro atoms. The van der Waals surface area contributed by atoms with Crippen LogP contribution < -0.4 is 5.32 Å². The molecule has 1 N–H and O–H groups in total. The van der Waals surface area contributed by atoms with Crippen molar-refractivity contribution in [2.45, 2.75) is 45.4 Å². The average Bonchev–Trinajstić information content (AvgIpc) is 2.85. The highest BCUT2D eigenvalue weighted by Crippen LogP contribution is 2.15. The summed E-state index contributed by atoms with van der Waals surface area (Å²) in [7, 11) is 0. The number of halogens is 1. The van der Waals surface area contributed by atoms with Gasteiger partial charge in [-0.05, 0) is 54.8 Å². The Morgan fingerprint density at radius 3 is 2.90 bits per heavy atom. The van der Waals surface area contributed by atoms with E-state index < -0.39 is 5.60 Å². The van der Waals surface area contributed by atoms with Gasteiger partial charge in [0, 0.05) is 31.9 Å². The predicted molar refractivity (Wildman–Crippen MR) is 85.0 cm³/mol. The molecule has 0 aliphatic carbocycles. The Morgan fingerprint density at radius 2 is 2.29 bits per heavy atom. The minimum atomic E-state index is -0.439. The molecule has 0 aromatic carbocycles. The molecule has 0 unspecified atom stereocenters. The molecule has 1 aromatic rings. The molecular formula is C15H22BrN3O2. The van der Waals surface area contributed by atoms with E-state index in [1.54, 1.807) is 4.90 Å². The van der Waals surface area contributed by atoms with E-state index in [0.29, 0.717) is 12.6 Å². The Hall–Kier alpha value is -1.14. The van der Waals surface area contributed by atoms with E-state index in [4.69, 9.17) is 4.74 Å². The second-order valence-corrected chi connectivity index (χ2v) is 7.09. The van der Waals surface area contributed by atoms with Gasteiger partial charge >= 0.3 is 6.09 Å². The maximum absolute atomic E-state index is 12.0. The van der Waals surface area contributed by atoms with E-state index in [1.165, 1.54) is 0 Å². The van der Waals surface area contributed by atoms with E-state index in [9.17, 15) is 4.79 Å². The predicted octanol–water partition coefficient (Wildman–Crippen LogP) is 2.94. The summed E-state index contributed by atoms with van der Waals surface area (Å²) in [5, 5.41) is 3.46. The Labute approximate surface area is 134 Å². The molecular weight excluding hydrogens is 334 g/mol. The summed E-state index contributed by atoms with van der Waals surface area (Å²) >= 11 is 3.32. The Balaban J connectivity index is 1.77. The minimum absolute atomic E-state index is 0.225.